The Labute approximate surface area is 151 Å². The van der Waals surface area contributed by atoms with Gasteiger partial charge in [0.2, 0.25) is 17.7 Å². The number of rotatable bonds is 6. The molecule has 0 aliphatic heterocycles. The molecule has 0 radical (unpaired) electrons. The second-order valence-corrected chi connectivity index (χ2v) is 5.68. The standard InChI is InChI=1S/C19H20FN3O3/c1-13(24)21-15-6-5-7-16(12-15)22-19(26)10-11-23(14(2)25)18-9-4-3-8-17(18)20/h3-9,12H,10-11H2,1-2H3,(H,21,24)(H,22,26). The van der Waals surface area contributed by atoms with Gasteiger partial charge in [-0.3, -0.25) is 14.4 Å². The lowest BCUT2D eigenvalue weighted by atomic mass is 10.2. The van der Waals surface area contributed by atoms with Gasteiger partial charge in [-0.25, -0.2) is 4.39 Å². The highest BCUT2D eigenvalue weighted by Crippen LogP contribution is 2.20. The summed E-state index contributed by atoms with van der Waals surface area (Å²) in [6.07, 6.45) is -0.00171. The number of halogens is 1. The van der Waals surface area contributed by atoms with Gasteiger partial charge in [-0.1, -0.05) is 18.2 Å². The van der Waals surface area contributed by atoms with Crippen molar-refractivity contribution in [1.82, 2.24) is 0 Å². The highest BCUT2D eigenvalue weighted by molar-refractivity contribution is 5.95. The van der Waals surface area contributed by atoms with E-state index in [0.29, 0.717) is 11.4 Å². The minimum absolute atomic E-state index is 0.00171. The predicted molar refractivity (Wildman–Crippen MR) is 98.4 cm³/mol. The molecule has 2 aromatic carbocycles. The number of carbonyl (C=O) groups excluding carboxylic acids is 3. The number of nitrogens with zero attached hydrogens (tertiary/aromatic N) is 1. The van der Waals surface area contributed by atoms with Crippen LogP contribution in [-0.2, 0) is 14.4 Å². The summed E-state index contributed by atoms with van der Waals surface area (Å²) < 4.78 is 13.9. The molecule has 2 N–H and O–H groups in total. The Bertz CT molecular complexity index is 823. The monoisotopic (exact) mass is 357 g/mol. The van der Waals surface area contributed by atoms with Gasteiger partial charge in [0, 0.05) is 38.2 Å². The first kappa shape index (κ1) is 19.1. The largest absolute Gasteiger partial charge is 0.326 e. The topological polar surface area (TPSA) is 78.5 Å². The Morgan fingerprint density at radius 3 is 2.23 bits per heavy atom. The van der Waals surface area contributed by atoms with Crippen LogP contribution in [0.4, 0.5) is 21.5 Å². The number of nitrogens with one attached hydrogen (secondary N) is 2. The van der Waals surface area contributed by atoms with Gasteiger partial charge in [-0.15, -0.1) is 0 Å². The number of anilines is 3. The number of carbonyl (C=O) groups is 3. The maximum absolute atomic E-state index is 13.9. The summed E-state index contributed by atoms with van der Waals surface area (Å²) in [5, 5.41) is 5.32. The quantitative estimate of drug-likeness (QED) is 0.833. The van der Waals surface area contributed by atoms with E-state index in [9.17, 15) is 18.8 Å². The van der Waals surface area contributed by atoms with Crippen LogP contribution in [-0.4, -0.2) is 24.3 Å². The summed E-state index contributed by atoms with van der Waals surface area (Å²) >= 11 is 0. The summed E-state index contributed by atoms with van der Waals surface area (Å²) in [7, 11) is 0. The van der Waals surface area contributed by atoms with Gasteiger partial charge in [0.25, 0.3) is 0 Å². The van der Waals surface area contributed by atoms with E-state index in [1.807, 2.05) is 0 Å². The predicted octanol–water partition coefficient (Wildman–Crippen LogP) is 3.17. The molecule has 0 saturated heterocycles. The number of benzene rings is 2. The molecule has 26 heavy (non-hydrogen) atoms. The molecule has 136 valence electrons. The zero-order valence-corrected chi connectivity index (χ0v) is 14.6. The van der Waals surface area contributed by atoms with E-state index in [1.54, 1.807) is 30.3 Å². The van der Waals surface area contributed by atoms with E-state index in [0.717, 1.165) is 0 Å². The second kappa shape index (κ2) is 8.75. The van der Waals surface area contributed by atoms with E-state index >= 15 is 0 Å². The molecule has 0 aromatic heterocycles. The zero-order valence-electron chi connectivity index (χ0n) is 14.6. The second-order valence-electron chi connectivity index (χ2n) is 5.68. The Balaban J connectivity index is 2.00. The molecule has 2 rings (SSSR count). The van der Waals surface area contributed by atoms with Crippen molar-refractivity contribution in [3.63, 3.8) is 0 Å². The van der Waals surface area contributed by atoms with Crippen molar-refractivity contribution >= 4 is 34.8 Å². The van der Waals surface area contributed by atoms with Gasteiger partial charge >= 0.3 is 0 Å². The van der Waals surface area contributed by atoms with Crippen LogP contribution in [0.5, 0.6) is 0 Å². The fourth-order valence-corrected chi connectivity index (χ4v) is 2.43. The summed E-state index contributed by atoms with van der Waals surface area (Å²) in [4.78, 5) is 36.3. The van der Waals surface area contributed by atoms with E-state index in [-0.39, 0.29) is 36.4 Å². The first-order chi connectivity index (χ1) is 12.4. The first-order valence-corrected chi connectivity index (χ1v) is 8.07. The molecule has 0 unspecified atom stereocenters. The fourth-order valence-electron chi connectivity index (χ4n) is 2.43. The van der Waals surface area contributed by atoms with E-state index in [4.69, 9.17) is 0 Å². The summed E-state index contributed by atoms with van der Waals surface area (Å²) in [5.41, 5.74) is 1.22. The van der Waals surface area contributed by atoms with Crippen molar-refractivity contribution in [2.24, 2.45) is 0 Å². The zero-order chi connectivity index (χ0) is 19.1. The molecule has 2 aromatic rings. The lowest BCUT2D eigenvalue weighted by molar-refractivity contribution is -0.117. The molecule has 0 bridgehead atoms. The van der Waals surface area contributed by atoms with Crippen molar-refractivity contribution in [1.29, 1.82) is 0 Å². The van der Waals surface area contributed by atoms with Gasteiger partial charge in [0.05, 0.1) is 5.69 Å². The fraction of sp³-hybridized carbons (Fsp3) is 0.211. The molecule has 3 amide bonds. The first-order valence-electron chi connectivity index (χ1n) is 8.07. The van der Waals surface area contributed by atoms with Gasteiger partial charge < -0.3 is 15.5 Å². The number of hydrogen-bond acceptors (Lipinski definition) is 3. The third kappa shape index (κ3) is 5.41. The molecule has 0 aliphatic carbocycles. The average molecular weight is 357 g/mol. The molecular formula is C19H20FN3O3. The van der Waals surface area contributed by atoms with Gasteiger partial charge in [0.1, 0.15) is 5.82 Å². The normalized spacial score (nSPS) is 10.1. The molecule has 6 nitrogen and oxygen atoms in total. The van der Waals surface area contributed by atoms with Crippen LogP contribution in [0, 0.1) is 5.82 Å². The van der Waals surface area contributed by atoms with Gasteiger partial charge in [-0.2, -0.15) is 0 Å². The maximum atomic E-state index is 13.9. The van der Waals surface area contributed by atoms with Crippen LogP contribution < -0.4 is 15.5 Å². The van der Waals surface area contributed by atoms with Crippen molar-refractivity contribution in [3.8, 4) is 0 Å². The number of amides is 3. The van der Waals surface area contributed by atoms with E-state index < -0.39 is 5.82 Å². The summed E-state index contributed by atoms with van der Waals surface area (Å²) in [5.74, 6) is -1.41. The molecule has 0 saturated carbocycles. The Hall–Kier alpha value is -3.22. The number of para-hydroxylation sites is 1. The molecule has 0 heterocycles. The number of hydrogen-bond donors (Lipinski definition) is 2. The molecular weight excluding hydrogens is 337 g/mol. The summed E-state index contributed by atoms with van der Waals surface area (Å²) in [6.45, 7) is 2.76. The van der Waals surface area contributed by atoms with Gasteiger partial charge in [-0.05, 0) is 30.3 Å². The summed E-state index contributed by atoms with van der Waals surface area (Å²) in [6, 6.07) is 12.6. The molecule has 0 atom stereocenters. The highest BCUT2D eigenvalue weighted by atomic mass is 19.1. The lowest BCUT2D eigenvalue weighted by Gasteiger charge is -2.21. The van der Waals surface area contributed by atoms with E-state index in [2.05, 4.69) is 10.6 Å². The Kier molecular flexibility index (Phi) is 6.43. The Morgan fingerprint density at radius 1 is 0.962 bits per heavy atom. The van der Waals surface area contributed by atoms with Crippen LogP contribution in [0.2, 0.25) is 0 Å². The average Bonchev–Trinajstić information content (AvgIpc) is 2.56. The van der Waals surface area contributed by atoms with Crippen LogP contribution in [0.3, 0.4) is 0 Å². The van der Waals surface area contributed by atoms with Crippen molar-refractivity contribution < 1.29 is 18.8 Å². The molecule has 0 fully saturated rings. The molecule has 0 spiro atoms. The lowest BCUT2D eigenvalue weighted by Crippen LogP contribution is -2.32. The highest BCUT2D eigenvalue weighted by Gasteiger charge is 2.16. The van der Waals surface area contributed by atoms with E-state index in [1.165, 1.54) is 36.9 Å². The Morgan fingerprint density at radius 2 is 1.62 bits per heavy atom. The van der Waals surface area contributed by atoms with Crippen LogP contribution in [0.25, 0.3) is 0 Å². The molecule has 0 aliphatic rings. The minimum atomic E-state index is -0.522. The smallest absolute Gasteiger partial charge is 0.226 e. The molecule has 7 heteroatoms. The van der Waals surface area contributed by atoms with Crippen LogP contribution >= 0.6 is 0 Å². The van der Waals surface area contributed by atoms with Crippen LogP contribution in [0.1, 0.15) is 20.3 Å². The third-order valence-electron chi connectivity index (χ3n) is 3.55. The maximum Gasteiger partial charge on any atom is 0.226 e. The third-order valence-corrected chi connectivity index (χ3v) is 3.55. The SMILES string of the molecule is CC(=O)Nc1cccc(NC(=O)CCN(C(C)=O)c2ccccc2F)c1. The minimum Gasteiger partial charge on any atom is -0.326 e. The van der Waals surface area contributed by atoms with Crippen LogP contribution in [0.15, 0.2) is 48.5 Å². The van der Waals surface area contributed by atoms with Gasteiger partial charge in [0.15, 0.2) is 0 Å². The van der Waals surface area contributed by atoms with Crippen molar-refractivity contribution in [2.45, 2.75) is 20.3 Å². The van der Waals surface area contributed by atoms with Crippen molar-refractivity contribution in [3.05, 3.63) is 54.3 Å². The van der Waals surface area contributed by atoms with Crippen molar-refractivity contribution in [2.75, 3.05) is 22.1 Å².